The van der Waals surface area contributed by atoms with Gasteiger partial charge in [-0.05, 0) is 46.5 Å². The molecule has 1 aromatic heterocycles. The van der Waals surface area contributed by atoms with E-state index in [1.54, 1.807) is 17.0 Å². The second-order valence-corrected chi connectivity index (χ2v) is 6.23. The summed E-state index contributed by atoms with van der Waals surface area (Å²) in [5.41, 5.74) is -0.136. The average Bonchev–Trinajstić information content (AvgIpc) is 2.24. The number of rotatable bonds is 3. The van der Waals surface area contributed by atoms with Crippen molar-refractivity contribution in [2.45, 2.75) is 64.5 Å². The summed E-state index contributed by atoms with van der Waals surface area (Å²) in [6.45, 7) is 8.24. The monoisotopic (exact) mass is 249 g/mol. The highest BCUT2D eigenvalue weighted by molar-refractivity contribution is 5.36. The van der Waals surface area contributed by atoms with Gasteiger partial charge in [-0.1, -0.05) is 6.92 Å². The third kappa shape index (κ3) is 2.28. The van der Waals surface area contributed by atoms with Crippen molar-refractivity contribution in [2.75, 3.05) is 5.32 Å². The van der Waals surface area contributed by atoms with Gasteiger partial charge in [0.2, 0.25) is 0 Å². The highest BCUT2D eigenvalue weighted by Crippen LogP contribution is 2.36. The van der Waals surface area contributed by atoms with E-state index >= 15 is 0 Å². The zero-order valence-electron chi connectivity index (χ0n) is 11.8. The van der Waals surface area contributed by atoms with E-state index in [9.17, 15) is 4.79 Å². The third-order valence-corrected chi connectivity index (χ3v) is 3.93. The van der Waals surface area contributed by atoms with Crippen LogP contribution in [0.5, 0.6) is 0 Å². The summed E-state index contributed by atoms with van der Waals surface area (Å²) < 4.78 is 1.74. The summed E-state index contributed by atoms with van der Waals surface area (Å²) in [6.07, 6.45) is 8.01. The van der Waals surface area contributed by atoms with Crippen LogP contribution in [-0.2, 0) is 5.54 Å². The molecule has 0 unspecified atom stereocenters. The second-order valence-electron chi connectivity index (χ2n) is 6.23. The van der Waals surface area contributed by atoms with Gasteiger partial charge in [-0.2, -0.15) is 0 Å². The fourth-order valence-corrected chi connectivity index (χ4v) is 2.45. The minimum atomic E-state index is -0.213. The number of hydrogen-bond donors (Lipinski definition) is 1. The first kappa shape index (κ1) is 13.1. The van der Waals surface area contributed by atoms with Crippen molar-refractivity contribution in [3.05, 3.63) is 22.7 Å². The van der Waals surface area contributed by atoms with Gasteiger partial charge in [-0.3, -0.25) is 4.79 Å². The summed E-state index contributed by atoms with van der Waals surface area (Å²) in [5, 5.41) is 3.38. The minimum Gasteiger partial charge on any atom is -0.360 e. The van der Waals surface area contributed by atoms with E-state index in [0.29, 0.717) is 5.82 Å². The van der Waals surface area contributed by atoms with Gasteiger partial charge in [-0.25, -0.2) is 4.98 Å². The number of nitrogens with one attached hydrogen (secondary N) is 1. The zero-order valence-corrected chi connectivity index (χ0v) is 11.8. The van der Waals surface area contributed by atoms with Gasteiger partial charge in [0.05, 0.1) is 0 Å². The molecule has 0 saturated heterocycles. The van der Waals surface area contributed by atoms with Crippen LogP contribution in [0, 0.1) is 0 Å². The van der Waals surface area contributed by atoms with Gasteiger partial charge in [0.1, 0.15) is 0 Å². The number of nitrogens with zero attached hydrogens (tertiary/aromatic N) is 2. The van der Waals surface area contributed by atoms with E-state index < -0.39 is 0 Å². The van der Waals surface area contributed by atoms with E-state index in [1.807, 2.05) is 20.8 Å². The number of anilines is 1. The van der Waals surface area contributed by atoms with Crippen LogP contribution in [0.2, 0.25) is 0 Å². The predicted molar refractivity (Wildman–Crippen MR) is 74.0 cm³/mol. The van der Waals surface area contributed by atoms with Crippen LogP contribution in [-0.4, -0.2) is 15.1 Å². The molecular formula is C14H23N3O. The van der Waals surface area contributed by atoms with Crippen LogP contribution < -0.4 is 10.9 Å². The molecule has 1 fully saturated rings. The molecule has 0 spiro atoms. The van der Waals surface area contributed by atoms with Crippen molar-refractivity contribution in [1.82, 2.24) is 9.55 Å². The molecule has 1 aliphatic rings. The van der Waals surface area contributed by atoms with Crippen molar-refractivity contribution >= 4 is 5.82 Å². The Kier molecular flexibility index (Phi) is 3.21. The fourth-order valence-electron chi connectivity index (χ4n) is 2.45. The van der Waals surface area contributed by atoms with Crippen LogP contribution in [0.15, 0.2) is 17.2 Å². The van der Waals surface area contributed by atoms with Gasteiger partial charge in [0, 0.05) is 23.5 Å². The zero-order chi connectivity index (χ0) is 13.4. The summed E-state index contributed by atoms with van der Waals surface area (Å²) in [4.78, 5) is 16.6. The van der Waals surface area contributed by atoms with E-state index in [0.717, 1.165) is 19.3 Å². The molecule has 0 aliphatic heterocycles. The van der Waals surface area contributed by atoms with Gasteiger partial charge < -0.3 is 9.88 Å². The lowest BCUT2D eigenvalue weighted by atomic mass is 9.75. The highest BCUT2D eigenvalue weighted by atomic mass is 16.1. The molecule has 1 saturated carbocycles. The van der Waals surface area contributed by atoms with Crippen LogP contribution in [0.25, 0.3) is 0 Å². The Hall–Kier alpha value is -1.32. The van der Waals surface area contributed by atoms with E-state index in [-0.39, 0.29) is 16.6 Å². The van der Waals surface area contributed by atoms with Crippen molar-refractivity contribution < 1.29 is 0 Å². The third-order valence-electron chi connectivity index (χ3n) is 3.93. The molecule has 1 heterocycles. The van der Waals surface area contributed by atoms with Crippen molar-refractivity contribution in [3.63, 3.8) is 0 Å². The van der Waals surface area contributed by atoms with Gasteiger partial charge in [-0.15, -0.1) is 0 Å². The molecule has 100 valence electrons. The lowest BCUT2D eigenvalue weighted by Gasteiger charge is -2.42. The highest BCUT2D eigenvalue weighted by Gasteiger charge is 2.36. The normalized spacial score (nSPS) is 18.2. The maximum absolute atomic E-state index is 12.4. The molecule has 1 aliphatic carbocycles. The van der Waals surface area contributed by atoms with E-state index in [2.05, 4.69) is 17.2 Å². The molecule has 18 heavy (non-hydrogen) atoms. The van der Waals surface area contributed by atoms with E-state index in [1.165, 1.54) is 6.42 Å². The first-order valence-electron chi connectivity index (χ1n) is 6.74. The van der Waals surface area contributed by atoms with Crippen LogP contribution >= 0.6 is 0 Å². The van der Waals surface area contributed by atoms with Crippen molar-refractivity contribution in [2.24, 2.45) is 0 Å². The molecule has 2 rings (SSSR count). The fraction of sp³-hybridized carbons (Fsp3) is 0.714. The van der Waals surface area contributed by atoms with Gasteiger partial charge in [0.25, 0.3) is 5.56 Å². The van der Waals surface area contributed by atoms with E-state index in [4.69, 9.17) is 0 Å². The average molecular weight is 249 g/mol. The standard InChI is InChI=1S/C14H23N3O/c1-5-14(7-6-8-14)16-11-12(18)17(10-9-15-11)13(2,3)4/h9-10H,5-8H2,1-4H3,(H,15,16). The van der Waals surface area contributed by atoms with Gasteiger partial charge >= 0.3 is 0 Å². The van der Waals surface area contributed by atoms with Crippen LogP contribution in [0.1, 0.15) is 53.4 Å². The summed E-state index contributed by atoms with van der Waals surface area (Å²) in [5.74, 6) is 0.494. The maximum Gasteiger partial charge on any atom is 0.293 e. The molecule has 0 radical (unpaired) electrons. The van der Waals surface area contributed by atoms with Crippen molar-refractivity contribution in [3.8, 4) is 0 Å². The quantitative estimate of drug-likeness (QED) is 0.896. The molecule has 0 amide bonds. The predicted octanol–water partition coefficient (Wildman–Crippen LogP) is 2.74. The lowest BCUT2D eigenvalue weighted by Crippen LogP contribution is -2.47. The molecule has 1 aromatic rings. The Morgan fingerprint density at radius 3 is 2.56 bits per heavy atom. The molecule has 0 bridgehead atoms. The van der Waals surface area contributed by atoms with Crippen LogP contribution in [0.3, 0.4) is 0 Å². The number of aromatic nitrogens is 2. The molecule has 1 N–H and O–H groups in total. The second kappa shape index (κ2) is 4.41. The Balaban J connectivity index is 2.32. The Bertz CT molecular complexity index is 475. The Morgan fingerprint density at radius 2 is 2.11 bits per heavy atom. The Morgan fingerprint density at radius 1 is 1.44 bits per heavy atom. The van der Waals surface area contributed by atoms with Gasteiger partial charge in [0.15, 0.2) is 5.82 Å². The molecule has 0 aromatic carbocycles. The van der Waals surface area contributed by atoms with Crippen LogP contribution in [0.4, 0.5) is 5.82 Å². The topological polar surface area (TPSA) is 46.9 Å². The Labute approximate surface area is 108 Å². The van der Waals surface area contributed by atoms with Crippen molar-refractivity contribution in [1.29, 1.82) is 0 Å². The molecule has 4 nitrogen and oxygen atoms in total. The SMILES string of the molecule is CCC1(Nc2nccn(C(C)(C)C)c2=O)CCC1. The smallest absolute Gasteiger partial charge is 0.293 e. The maximum atomic E-state index is 12.4. The molecular weight excluding hydrogens is 226 g/mol. The summed E-state index contributed by atoms with van der Waals surface area (Å²) in [7, 11) is 0. The number of hydrogen-bond acceptors (Lipinski definition) is 3. The first-order valence-corrected chi connectivity index (χ1v) is 6.74. The summed E-state index contributed by atoms with van der Waals surface area (Å²) >= 11 is 0. The molecule has 0 atom stereocenters. The summed E-state index contributed by atoms with van der Waals surface area (Å²) in [6, 6.07) is 0. The lowest BCUT2D eigenvalue weighted by molar-refractivity contribution is 0.267. The first-order chi connectivity index (χ1) is 8.38. The minimum absolute atomic E-state index is 0.0234. The largest absolute Gasteiger partial charge is 0.360 e. The molecule has 4 heteroatoms.